The highest BCUT2D eigenvalue weighted by Gasteiger charge is 2.04. The number of hydrogen-bond donors (Lipinski definition) is 1. The molecule has 0 amide bonds. The molecule has 0 saturated heterocycles. The lowest BCUT2D eigenvalue weighted by Gasteiger charge is -1.96. The quantitative estimate of drug-likeness (QED) is 0.562. The van der Waals surface area contributed by atoms with Gasteiger partial charge in [0.1, 0.15) is 17.3 Å². The van der Waals surface area contributed by atoms with Crippen LogP contribution in [0.15, 0.2) is 50.4 Å². The Hall–Kier alpha value is -1.99. The fourth-order valence-corrected chi connectivity index (χ4v) is 2.30. The summed E-state index contributed by atoms with van der Waals surface area (Å²) in [5.74, 6) is 2.13. The van der Waals surface area contributed by atoms with Crippen molar-refractivity contribution in [2.75, 3.05) is 0 Å². The SMILES string of the molecule is Cc1n[nH]c(=S)n1/N=C/c1ccc(-c2ccc(Br)cc2)o1. The zero-order valence-corrected chi connectivity index (χ0v) is 13.5. The van der Waals surface area contributed by atoms with Gasteiger partial charge < -0.3 is 4.42 Å². The smallest absolute Gasteiger partial charge is 0.216 e. The van der Waals surface area contributed by atoms with Gasteiger partial charge in [-0.05, 0) is 43.4 Å². The number of aromatic nitrogens is 3. The lowest BCUT2D eigenvalue weighted by molar-refractivity contribution is 0.574. The molecule has 2 heterocycles. The first kappa shape index (κ1) is 14.0. The van der Waals surface area contributed by atoms with Crippen molar-refractivity contribution in [2.45, 2.75) is 6.92 Å². The standard InChI is InChI=1S/C14H11BrN4OS/c1-9-17-18-14(21)19(9)16-8-12-6-7-13(20-12)10-2-4-11(15)5-3-10/h2-8H,1H3,(H,18,21)/b16-8+. The van der Waals surface area contributed by atoms with Crippen LogP contribution < -0.4 is 0 Å². The molecular formula is C14H11BrN4OS. The van der Waals surface area contributed by atoms with Crippen molar-refractivity contribution in [3.63, 3.8) is 0 Å². The number of H-pyrrole nitrogens is 1. The van der Waals surface area contributed by atoms with E-state index in [4.69, 9.17) is 16.6 Å². The fourth-order valence-electron chi connectivity index (χ4n) is 1.81. The molecule has 0 spiro atoms. The van der Waals surface area contributed by atoms with Crippen LogP contribution in [0.3, 0.4) is 0 Å². The molecule has 0 unspecified atom stereocenters. The second kappa shape index (κ2) is 5.79. The summed E-state index contributed by atoms with van der Waals surface area (Å²) >= 11 is 8.49. The van der Waals surface area contributed by atoms with E-state index in [1.54, 1.807) is 6.21 Å². The summed E-state index contributed by atoms with van der Waals surface area (Å²) in [6.07, 6.45) is 1.61. The van der Waals surface area contributed by atoms with Gasteiger partial charge in [0, 0.05) is 10.0 Å². The van der Waals surface area contributed by atoms with Crippen LogP contribution in [0.1, 0.15) is 11.6 Å². The monoisotopic (exact) mass is 362 g/mol. The van der Waals surface area contributed by atoms with E-state index < -0.39 is 0 Å². The Morgan fingerprint density at radius 3 is 2.71 bits per heavy atom. The summed E-state index contributed by atoms with van der Waals surface area (Å²) in [5, 5.41) is 10.9. The summed E-state index contributed by atoms with van der Waals surface area (Å²) in [6.45, 7) is 1.82. The largest absolute Gasteiger partial charge is 0.455 e. The van der Waals surface area contributed by atoms with Crippen LogP contribution in [0.5, 0.6) is 0 Å². The summed E-state index contributed by atoms with van der Waals surface area (Å²) in [6, 6.07) is 11.7. The van der Waals surface area contributed by atoms with Gasteiger partial charge >= 0.3 is 0 Å². The van der Waals surface area contributed by atoms with Gasteiger partial charge in [0.05, 0.1) is 6.21 Å². The van der Waals surface area contributed by atoms with Crippen molar-refractivity contribution < 1.29 is 4.42 Å². The van der Waals surface area contributed by atoms with Crippen molar-refractivity contribution in [3.8, 4) is 11.3 Å². The van der Waals surface area contributed by atoms with E-state index in [-0.39, 0.29) is 0 Å². The van der Waals surface area contributed by atoms with E-state index in [1.165, 1.54) is 4.68 Å². The minimum atomic E-state index is 0.448. The maximum absolute atomic E-state index is 5.75. The van der Waals surface area contributed by atoms with Crippen LogP contribution >= 0.6 is 28.1 Å². The maximum atomic E-state index is 5.75. The first-order chi connectivity index (χ1) is 10.1. The van der Waals surface area contributed by atoms with Gasteiger partial charge in [-0.1, -0.05) is 28.1 Å². The normalized spacial score (nSPS) is 11.3. The molecule has 106 valence electrons. The van der Waals surface area contributed by atoms with Crippen LogP contribution in [-0.2, 0) is 0 Å². The Bertz CT molecular complexity index is 844. The van der Waals surface area contributed by atoms with Gasteiger partial charge in [-0.2, -0.15) is 14.9 Å². The highest BCUT2D eigenvalue weighted by Crippen LogP contribution is 2.23. The molecule has 0 aliphatic carbocycles. The lowest BCUT2D eigenvalue weighted by Crippen LogP contribution is -1.92. The first-order valence-corrected chi connectivity index (χ1v) is 7.38. The predicted molar refractivity (Wildman–Crippen MR) is 87.0 cm³/mol. The van der Waals surface area contributed by atoms with E-state index >= 15 is 0 Å². The third kappa shape index (κ3) is 3.03. The van der Waals surface area contributed by atoms with Crippen LogP contribution in [0.2, 0.25) is 0 Å². The van der Waals surface area contributed by atoms with E-state index in [1.807, 2.05) is 43.3 Å². The number of hydrogen-bond acceptors (Lipinski definition) is 4. The molecule has 5 nitrogen and oxygen atoms in total. The second-order valence-corrected chi connectivity index (χ2v) is 5.64. The zero-order chi connectivity index (χ0) is 14.8. The minimum absolute atomic E-state index is 0.448. The van der Waals surface area contributed by atoms with Gasteiger partial charge in [0.25, 0.3) is 0 Å². The Kier molecular flexibility index (Phi) is 3.85. The molecule has 0 bridgehead atoms. The van der Waals surface area contributed by atoms with E-state index in [0.29, 0.717) is 16.4 Å². The van der Waals surface area contributed by atoms with E-state index in [2.05, 4.69) is 31.2 Å². The lowest BCUT2D eigenvalue weighted by atomic mass is 10.2. The molecule has 0 radical (unpaired) electrons. The number of aromatic amines is 1. The van der Waals surface area contributed by atoms with E-state index in [0.717, 1.165) is 15.8 Å². The number of rotatable bonds is 3. The Balaban J connectivity index is 1.85. The van der Waals surface area contributed by atoms with Gasteiger partial charge in [-0.15, -0.1) is 0 Å². The van der Waals surface area contributed by atoms with Gasteiger partial charge in [0.15, 0.2) is 0 Å². The molecule has 3 rings (SSSR count). The molecule has 0 aliphatic heterocycles. The molecule has 1 N–H and O–H groups in total. The molecule has 0 aliphatic rings. The van der Waals surface area contributed by atoms with Gasteiger partial charge in [-0.25, -0.2) is 0 Å². The van der Waals surface area contributed by atoms with Gasteiger partial charge in [0.2, 0.25) is 4.77 Å². The zero-order valence-electron chi connectivity index (χ0n) is 11.1. The second-order valence-electron chi connectivity index (χ2n) is 4.34. The number of nitrogens with one attached hydrogen (secondary N) is 1. The fraction of sp³-hybridized carbons (Fsp3) is 0.0714. The van der Waals surface area contributed by atoms with Crippen molar-refractivity contribution in [1.82, 2.24) is 14.9 Å². The minimum Gasteiger partial charge on any atom is -0.455 e. The molecule has 1 aromatic carbocycles. The maximum Gasteiger partial charge on any atom is 0.216 e. The molecule has 0 saturated carbocycles. The van der Waals surface area contributed by atoms with Crippen molar-refractivity contribution >= 4 is 34.4 Å². The topological polar surface area (TPSA) is 59.1 Å². The highest BCUT2D eigenvalue weighted by atomic mass is 79.9. The molecule has 7 heteroatoms. The number of aryl methyl sites for hydroxylation is 1. The van der Waals surface area contributed by atoms with Crippen molar-refractivity contribution in [2.24, 2.45) is 5.10 Å². The summed E-state index contributed by atoms with van der Waals surface area (Å²) < 4.78 is 8.76. The average Bonchev–Trinajstić information content (AvgIpc) is 3.06. The molecule has 0 atom stereocenters. The number of halogens is 1. The van der Waals surface area contributed by atoms with Gasteiger partial charge in [-0.3, -0.25) is 5.10 Å². The van der Waals surface area contributed by atoms with Crippen LogP contribution in [-0.4, -0.2) is 21.1 Å². The summed E-state index contributed by atoms with van der Waals surface area (Å²) in [5.41, 5.74) is 1.01. The molecular weight excluding hydrogens is 352 g/mol. The summed E-state index contributed by atoms with van der Waals surface area (Å²) in [7, 11) is 0. The van der Waals surface area contributed by atoms with Crippen LogP contribution in [0.4, 0.5) is 0 Å². The average molecular weight is 363 g/mol. The van der Waals surface area contributed by atoms with E-state index in [9.17, 15) is 0 Å². The molecule has 3 aromatic rings. The number of furan rings is 1. The number of nitrogens with zero attached hydrogens (tertiary/aromatic N) is 3. The molecule has 2 aromatic heterocycles. The third-order valence-electron chi connectivity index (χ3n) is 2.87. The van der Waals surface area contributed by atoms with Crippen molar-refractivity contribution in [1.29, 1.82) is 0 Å². The Morgan fingerprint density at radius 1 is 1.29 bits per heavy atom. The molecule has 21 heavy (non-hydrogen) atoms. The molecule has 0 fully saturated rings. The van der Waals surface area contributed by atoms with Crippen LogP contribution in [0, 0.1) is 11.7 Å². The predicted octanol–water partition coefficient (Wildman–Crippen LogP) is 4.15. The Morgan fingerprint density at radius 2 is 2.05 bits per heavy atom. The third-order valence-corrected chi connectivity index (χ3v) is 3.66. The number of benzene rings is 1. The first-order valence-electron chi connectivity index (χ1n) is 6.17. The van der Waals surface area contributed by atoms with Crippen molar-refractivity contribution in [3.05, 3.63) is 57.2 Å². The van der Waals surface area contributed by atoms with Crippen LogP contribution in [0.25, 0.3) is 11.3 Å². The Labute approximate surface area is 134 Å². The summed E-state index contributed by atoms with van der Waals surface area (Å²) in [4.78, 5) is 0. The highest BCUT2D eigenvalue weighted by molar-refractivity contribution is 9.10.